The van der Waals surface area contributed by atoms with Gasteiger partial charge in [0.15, 0.2) is 5.75 Å². The number of hydrogen-bond donors (Lipinski definition) is 1. The summed E-state index contributed by atoms with van der Waals surface area (Å²) >= 11 is 0. The molecule has 2 aromatic rings. The maximum atomic E-state index is 10.8. The average Bonchev–Trinajstić information content (AvgIpc) is 2.88. The van der Waals surface area contributed by atoms with Crippen LogP contribution < -0.4 is 4.74 Å². The third-order valence-corrected chi connectivity index (χ3v) is 2.46. The maximum Gasteiger partial charge on any atom is 0.310 e. The van der Waals surface area contributed by atoms with Crippen molar-refractivity contribution >= 4 is 5.69 Å². The van der Waals surface area contributed by atoms with Crippen LogP contribution in [0.15, 0.2) is 36.8 Å². The summed E-state index contributed by atoms with van der Waals surface area (Å²) in [5.41, 5.74) is 1.03. The van der Waals surface area contributed by atoms with Gasteiger partial charge in [0.25, 0.3) is 0 Å². The van der Waals surface area contributed by atoms with Crippen LogP contribution in [0.5, 0.6) is 5.75 Å². The number of hydrogen-bond acceptors (Lipinski definition) is 4. The number of nitro benzene ring substituents is 1. The fourth-order valence-corrected chi connectivity index (χ4v) is 1.60. The number of para-hydroxylation sites is 2. The van der Waals surface area contributed by atoms with Gasteiger partial charge in [-0.25, -0.2) is 4.98 Å². The Morgan fingerprint density at radius 3 is 2.94 bits per heavy atom. The van der Waals surface area contributed by atoms with E-state index >= 15 is 0 Å². The predicted molar refractivity (Wildman–Crippen MR) is 65.5 cm³/mol. The second kappa shape index (κ2) is 5.81. The van der Waals surface area contributed by atoms with E-state index in [4.69, 9.17) is 4.74 Å². The minimum atomic E-state index is -0.440. The van der Waals surface area contributed by atoms with Crippen molar-refractivity contribution in [1.82, 2.24) is 9.97 Å². The zero-order valence-corrected chi connectivity index (χ0v) is 9.70. The summed E-state index contributed by atoms with van der Waals surface area (Å²) in [7, 11) is 0. The van der Waals surface area contributed by atoms with Crippen LogP contribution in [-0.2, 0) is 6.42 Å². The maximum absolute atomic E-state index is 10.8. The number of rotatable bonds is 6. The third kappa shape index (κ3) is 3.07. The van der Waals surface area contributed by atoms with E-state index in [9.17, 15) is 10.1 Å². The highest BCUT2D eigenvalue weighted by Gasteiger charge is 2.12. The first kappa shape index (κ1) is 12.1. The van der Waals surface area contributed by atoms with E-state index in [2.05, 4.69) is 9.97 Å². The normalized spacial score (nSPS) is 10.2. The lowest BCUT2D eigenvalue weighted by Gasteiger charge is -2.05. The Morgan fingerprint density at radius 1 is 1.39 bits per heavy atom. The Balaban J connectivity index is 1.85. The molecule has 6 heteroatoms. The standard InChI is InChI=1S/C12H13N3O3/c16-15(17)11-5-1-2-6-12(11)18-7-3-4-10-8-13-9-14-10/h1-2,5-6,8-9H,3-4,7H2,(H,13,14). The molecular formula is C12H13N3O3. The van der Waals surface area contributed by atoms with E-state index in [1.165, 1.54) is 6.07 Å². The Labute approximate surface area is 104 Å². The number of nitrogens with one attached hydrogen (secondary N) is 1. The second-order valence-electron chi connectivity index (χ2n) is 3.75. The molecule has 18 heavy (non-hydrogen) atoms. The number of aromatic nitrogens is 2. The van der Waals surface area contributed by atoms with Crippen LogP contribution in [-0.4, -0.2) is 21.5 Å². The number of aryl methyl sites for hydroxylation is 1. The molecule has 0 amide bonds. The van der Waals surface area contributed by atoms with Gasteiger partial charge >= 0.3 is 5.69 Å². The average molecular weight is 247 g/mol. The molecule has 0 saturated heterocycles. The van der Waals surface area contributed by atoms with Crippen molar-refractivity contribution in [2.45, 2.75) is 12.8 Å². The summed E-state index contributed by atoms with van der Waals surface area (Å²) in [5.74, 6) is 0.312. The molecule has 1 aromatic heterocycles. The van der Waals surface area contributed by atoms with Gasteiger partial charge in [0.05, 0.1) is 17.9 Å². The molecule has 2 rings (SSSR count). The SMILES string of the molecule is O=[N+]([O-])c1ccccc1OCCCc1cnc[nH]1. The van der Waals surface area contributed by atoms with Gasteiger partial charge in [-0.15, -0.1) is 0 Å². The van der Waals surface area contributed by atoms with E-state index in [0.29, 0.717) is 12.4 Å². The van der Waals surface area contributed by atoms with Crippen LogP contribution in [0.2, 0.25) is 0 Å². The first-order valence-corrected chi connectivity index (χ1v) is 5.61. The fourth-order valence-electron chi connectivity index (χ4n) is 1.60. The molecule has 0 aliphatic heterocycles. The Kier molecular flexibility index (Phi) is 3.90. The number of nitrogens with zero attached hydrogens (tertiary/aromatic N) is 2. The van der Waals surface area contributed by atoms with Crippen molar-refractivity contribution in [3.05, 3.63) is 52.6 Å². The van der Waals surface area contributed by atoms with Gasteiger partial charge in [0.1, 0.15) is 0 Å². The van der Waals surface area contributed by atoms with Gasteiger partial charge in [-0.2, -0.15) is 0 Å². The van der Waals surface area contributed by atoms with Crippen LogP contribution in [0.25, 0.3) is 0 Å². The first-order valence-electron chi connectivity index (χ1n) is 5.61. The monoisotopic (exact) mass is 247 g/mol. The zero-order valence-electron chi connectivity index (χ0n) is 9.70. The quantitative estimate of drug-likeness (QED) is 0.482. The summed E-state index contributed by atoms with van der Waals surface area (Å²) in [4.78, 5) is 17.2. The molecular weight excluding hydrogens is 234 g/mol. The molecule has 0 saturated carbocycles. The van der Waals surface area contributed by atoms with Gasteiger partial charge in [-0.05, 0) is 18.9 Å². The molecule has 1 aromatic carbocycles. The van der Waals surface area contributed by atoms with Crippen molar-refractivity contribution in [2.75, 3.05) is 6.61 Å². The van der Waals surface area contributed by atoms with E-state index < -0.39 is 4.92 Å². The van der Waals surface area contributed by atoms with E-state index in [0.717, 1.165) is 18.5 Å². The number of imidazole rings is 1. The molecule has 94 valence electrons. The molecule has 0 radical (unpaired) electrons. The topological polar surface area (TPSA) is 81.1 Å². The van der Waals surface area contributed by atoms with E-state index in [1.807, 2.05) is 0 Å². The van der Waals surface area contributed by atoms with Crippen LogP contribution in [0, 0.1) is 10.1 Å². The highest BCUT2D eigenvalue weighted by molar-refractivity contribution is 5.45. The molecule has 0 aliphatic carbocycles. The van der Waals surface area contributed by atoms with Crippen molar-refractivity contribution in [1.29, 1.82) is 0 Å². The highest BCUT2D eigenvalue weighted by atomic mass is 16.6. The molecule has 0 atom stereocenters. The smallest absolute Gasteiger partial charge is 0.310 e. The Morgan fingerprint density at radius 2 is 2.22 bits per heavy atom. The molecule has 6 nitrogen and oxygen atoms in total. The van der Waals surface area contributed by atoms with Gasteiger partial charge in [0, 0.05) is 18.0 Å². The molecule has 0 spiro atoms. The molecule has 0 unspecified atom stereocenters. The van der Waals surface area contributed by atoms with Crippen LogP contribution >= 0.6 is 0 Å². The van der Waals surface area contributed by atoms with Crippen LogP contribution in [0.4, 0.5) is 5.69 Å². The highest BCUT2D eigenvalue weighted by Crippen LogP contribution is 2.25. The number of benzene rings is 1. The summed E-state index contributed by atoms with van der Waals surface area (Å²) < 4.78 is 5.42. The van der Waals surface area contributed by atoms with Gasteiger partial charge < -0.3 is 9.72 Å². The van der Waals surface area contributed by atoms with Crippen LogP contribution in [0.3, 0.4) is 0 Å². The summed E-state index contributed by atoms with van der Waals surface area (Å²) in [6, 6.07) is 6.38. The van der Waals surface area contributed by atoms with Gasteiger partial charge in [-0.1, -0.05) is 12.1 Å². The number of H-pyrrole nitrogens is 1. The minimum Gasteiger partial charge on any atom is -0.487 e. The van der Waals surface area contributed by atoms with Gasteiger partial charge in [-0.3, -0.25) is 10.1 Å². The molecule has 1 heterocycles. The van der Waals surface area contributed by atoms with Crippen molar-refractivity contribution in [3.8, 4) is 5.75 Å². The largest absolute Gasteiger partial charge is 0.487 e. The number of aromatic amines is 1. The fraction of sp³-hybridized carbons (Fsp3) is 0.250. The zero-order chi connectivity index (χ0) is 12.8. The summed E-state index contributed by atoms with van der Waals surface area (Å²) in [6.07, 6.45) is 4.96. The lowest BCUT2D eigenvalue weighted by molar-refractivity contribution is -0.385. The van der Waals surface area contributed by atoms with Crippen molar-refractivity contribution in [3.63, 3.8) is 0 Å². The lowest BCUT2D eigenvalue weighted by Crippen LogP contribution is -2.02. The molecule has 1 N–H and O–H groups in total. The molecule has 0 bridgehead atoms. The number of nitro groups is 1. The summed E-state index contributed by atoms with van der Waals surface area (Å²) in [6.45, 7) is 0.434. The van der Waals surface area contributed by atoms with Crippen molar-refractivity contribution < 1.29 is 9.66 Å². The van der Waals surface area contributed by atoms with E-state index in [1.54, 1.807) is 30.7 Å². The minimum absolute atomic E-state index is 0.000889. The molecule has 0 aliphatic rings. The number of ether oxygens (including phenoxy) is 1. The van der Waals surface area contributed by atoms with E-state index in [-0.39, 0.29) is 5.69 Å². The van der Waals surface area contributed by atoms with Crippen molar-refractivity contribution in [2.24, 2.45) is 0 Å². The Hall–Kier alpha value is -2.37. The van der Waals surface area contributed by atoms with Crippen LogP contribution in [0.1, 0.15) is 12.1 Å². The summed E-state index contributed by atoms with van der Waals surface area (Å²) in [5, 5.41) is 10.8. The lowest BCUT2D eigenvalue weighted by atomic mass is 10.2. The first-order chi connectivity index (χ1) is 8.77. The van der Waals surface area contributed by atoms with Gasteiger partial charge in [0.2, 0.25) is 0 Å². The Bertz CT molecular complexity index is 511. The third-order valence-electron chi connectivity index (χ3n) is 2.46. The molecule has 0 fully saturated rings. The predicted octanol–water partition coefficient (Wildman–Crippen LogP) is 2.33. The second-order valence-corrected chi connectivity index (χ2v) is 3.75.